The summed E-state index contributed by atoms with van der Waals surface area (Å²) in [5, 5.41) is 19.8. The smallest absolute Gasteiger partial charge is 0.220 e. The molecule has 0 aliphatic carbocycles. The highest BCUT2D eigenvalue weighted by atomic mass is 32.2. The second-order valence-electron chi connectivity index (χ2n) is 8.15. The molecule has 0 radical (unpaired) electrons. The first-order chi connectivity index (χ1) is 17.3. The molecular formula is C26H25FN4O4S. The van der Waals surface area contributed by atoms with E-state index in [0.29, 0.717) is 40.3 Å². The Morgan fingerprint density at radius 3 is 2.42 bits per heavy atom. The van der Waals surface area contributed by atoms with Crippen LogP contribution in [0.25, 0.3) is 5.69 Å². The molecule has 0 saturated heterocycles. The van der Waals surface area contributed by atoms with Crippen molar-refractivity contribution in [1.82, 2.24) is 14.8 Å². The Balaban J connectivity index is 1.59. The van der Waals surface area contributed by atoms with Gasteiger partial charge in [0.25, 0.3) is 0 Å². The van der Waals surface area contributed by atoms with E-state index in [1.807, 2.05) is 31.2 Å². The number of halogens is 1. The molecule has 4 aromatic rings. The Morgan fingerprint density at radius 1 is 1.03 bits per heavy atom. The van der Waals surface area contributed by atoms with E-state index in [4.69, 9.17) is 9.47 Å². The molecule has 0 amide bonds. The zero-order valence-corrected chi connectivity index (χ0v) is 20.9. The second kappa shape index (κ2) is 11.2. The van der Waals surface area contributed by atoms with Gasteiger partial charge in [-0.05, 0) is 61.4 Å². The number of rotatable bonds is 10. The lowest BCUT2D eigenvalue weighted by Gasteiger charge is -2.17. The van der Waals surface area contributed by atoms with Crippen molar-refractivity contribution in [1.29, 1.82) is 0 Å². The fourth-order valence-corrected chi connectivity index (χ4v) is 4.79. The minimum absolute atomic E-state index is 0.341. The fraction of sp³-hybridized carbons (Fsp3) is 0.231. The highest BCUT2D eigenvalue weighted by Crippen LogP contribution is 2.39. The third-order valence-electron chi connectivity index (χ3n) is 5.52. The first-order valence-electron chi connectivity index (χ1n) is 11.2. The molecule has 1 aromatic heterocycles. The van der Waals surface area contributed by atoms with E-state index in [-0.39, 0.29) is 17.3 Å². The Kier molecular flexibility index (Phi) is 7.84. The Labute approximate surface area is 212 Å². The van der Waals surface area contributed by atoms with Crippen molar-refractivity contribution in [3.05, 3.63) is 105 Å². The standard InChI is InChI=1S/C26H25FN4O4S/c1-17-4-6-19(7-5-17)16-35-23-13-8-20(14-24(23)34-3)25(15-30(32)33)36-26-29-28-18(2)31(26)22-11-9-21(27)10-12-22/h4-14,25H,15-16H2,1-3H3/t25-/m1/s1. The highest BCUT2D eigenvalue weighted by Gasteiger charge is 2.25. The lowest BCUT2D eigenvalue weighted by atomic mass is 10.1. The molecule has 1 heterocycles. The van der Waals surface area contributed by atoms with Crippen LogP contribution in [0, 0.1) is 29.8 Å². The Hall–Kier alpha value is -3.92. The first-order valence-corrected chi connectivity index (χ1v) is 12.0. The third-order valence-corrected chi connectivity index (χ3v) is 6.70. The Morgan fingerprint density at radius 2 is 1.75 bits per heavy atom. The molecule has 186 valence electrons. The van der Waals surface area contributed by atoms with Crippen LogP contribution in [0.1, 0.15) is 27.8 Å². The number of hydrogen-bond acceptors (Lipinski definition) is 7. The van der Waals surface area contributed by atoms with E-state index < -0.39 is 5.25 Å². The number of nitrogens with zero attached hydrogens (tertiary/aromatic N) is 4. The first kappa shape index (κ1) is 25.2. The van der Waals surface area contributed by atoms with Crippen molar-refractivity contribution in [2.45, 2.75) is 30.9 Å². The molecular weight excluding hydrogens is 483 g/mol. The lowest BCUT2D eigenvalue weighted by Crippen LogP contribution is -2.11. The number of hydrogen-bond donors (Lipinski definition) is 0. The maximum Gasteiger partial charge on any atom is 0.220 e. The van der Waals surface area contributed by atoms with Crippen molar-refractivity contribution in [2.75, 3.05) is 13.7 Å². The maximum absolute atomic E-state index is 13.4. The van der Waals surface area contributed by atoms with Crippen molar-refractivity contribution < 1.29 is 18.8 Å². The monoisotopic (exact) mass is 508 g/mol. The summed E-state index contributed by atoms with van der Waals surface area (Å²) < 4.78 is 26.7. The fourth-order valence-electron chi connectivity index (χ4n) is 3.63. The number of benzene rings is 3. The molecule has 0 saturated carbocycles. The summed E-state index contributed by atoms with van der Waals surface area (Å²) in [5.74, 6) is 1.24. The number of nitro groups is 1. The number of aromatic nitrogens is 3. The number of methoxy groups -OCH3 is 1. The zero-order chi connectivity index (χ0) is 25.7. The summed E-state index contributed by atoms with van der Waals surface area (Å²) in [5.41, 5.74) is 3.53. The van der Waals surface area contributed by atoms with Gasteiger partial charge in [-0.1, -0.05) is 47.7 Å². The van der Waals surface area contributed by atoms with Crippen LogP contribution in [0.3, 0.4) is 0 Å². The van der Waals surface area contributed by atoms with Crippen molar-refractivity contribution in [3.63, 3.8) is 0 Å². The molecule has 0 fully saturated rings. The topological polar surface area (TPSA) is 92.3 Å². The molecule has 8 nitrogen and oxygen atoms in total. The maximum atomic E-state index is 13.4. The molecule has 3 aromatic carbocycles. The molecule has 0 unspecified atom stereocenters. The summed E-state index contributed by atoms with van der Waals surface area (Å²) in [6.07, 6.45) is 0. The molecule has 0 aliphatic heterocycles. The van der Waals surface area contributed by atoms with E-state index >= 15 is 0 Å². The molecule has 0 aliphatic rings. The van der Waals surface area contributed by atoms with Gasteiger partial charge in [0, 0.05) is 10.6 Å². The molecule has 0 N–H and O–H groups in total. The Bertz CT molecular complexity index is 1340. The van der Waals surface area contributed by atoms with Crippen LogP contribution in [0.4, 0.5) is 4.39 Å². The van der Waals surface area contributed by atoms with Crippen LogP contribution in [0.15, 0.2) is 71.9 Å². The van der Waals surface area contributed by atoms with Gasteiger partial charge < -0.3 is 9.47 Å². The summed E-state index contributed by atoms with van der Waals surface area (Å²) in [4.78, 5) is 11.2. The second-order valence-corrected chi connectivity index (χ2v) is 9.32. The molecule has 4 rings (SSSR count). The van der Waals surface area contributed by atoms with Gasteiger partial charge >= 0.3 is 0 Å². The molecule has 0 spiro atoms. The number of thioether (sulfide) groups is 1. The van der Waals surface area contributed by atoms with Gasteiger partial charge in [-0.2, -0.15) is 0 Å². The largest absolute Gasteiger partial charge is 0.493 e. The molecule has 0 bridgehead atoms. The van der Waals surface area contributed by atoms with Crippen LogP contribution in [0.5, 0.6) is 11.5 Å². The van der Waals surface area contributed by atoms with E-state index in [1.165, 1.54) is 36.6 Å². The molecule has 1 atom stereocenters. The lowest BCUT2D eigenvalue weighted by molar-refractivity contribution is -0.479. The van der Waals surface area contributed by atoms with E-state index in [0.717, 1.165) is 5.56 Å². The van der Waals surface area contributed by atoms with Gasteiger partial charge in [0.05, 0.1) is 7.11 Å². The minimum atomic E-state index is -0.581. The van der Waals surface area contributed by atoms with E-state index in [1.54, 1.807) is 41.8 Å². The highest BCUT2D eigenvalue weighted by molar-refractivity contribution is 7.99. The van der Waals surface area contributed by atoms with Gasteiger partial charge in [0.15, 0.2) is 16.7 Å². The van der Waals surface area contributed by atoms with E-state index in [2.05, 4.69) is 10.2 Å². The quantitative estimate of drug-likeness (QED) is 0.154. The van der Waals surface area contributed by atoms with Gasteiger partial charge in [-0.15, -0.1) is 10.2 Å². The van der Waals surface area contributed by atoms with Gasteiger partial charge in [-0.3, -0.25) is 14.7 Å². The SMILES string of the molecule is COc1cc([C@@H](C[N+](=O)[O-])Sc2nnc(C)n2-c2ccc(F)cc2)ccc1OCc1ccc(C)cc1. The molecule has 36 heavy (non-hydrogen) atoms. The predicted molar refractivity (Wildman–Crippen MR) is 135 cm³/mol. The van der Waals surface area contributed by atoms with Crippen LogP contribution in [-0.4, -0.2) is 33.3 Å². The summed E-state index contributed by atoms with van der Waals surface area (Å²) in [6, 6.07) is 19.2. The van der Waals surface area contributed by atoms with Crippen molar-refractivity contribution in [3.8, 4) is 17.2 Å². The van der Waals surface area contributed by atoms with Crippen molar-refractivity contribution in [2.24, 2.45) is 0 Å². The average molecular weight is 509 g/mol. The average Bonchev–Trinajstić information content (AvgIpc) is 3.23. The summed E-state index contributed by atoms with van der Waals surface area (Å²) >= 11 is 1.21. The van der Waals surface area contributed by atoms with Crippen LogP contribution >= 0.6 is 11.8 Å². The third kappa shape index (κ3) is 6.01. The predicted octanol–water partition coefficient (Wildman–Crippen LogP) is 5.72. The van der Waals surface area contributed by atoms with Crippen LogP contribution in [0.2, 0.25) is 0 Å². The van der Waals surface area contributed by atoms with Gasteiger partial charge in [0.1, 0.15) is 23.5 Å². The number of ether oxygens (including phenoxy) is 2. The zero-order valence-electron chi connectivity index (χ0n) is 20.1. The minimum Gasteiger partial charge on any atom is -0.493 e. The van der Waals surface area contributed by atoms with E-state index in [9.17, 15) is 14.5 Å². The van der Waals surface area contributed by atoms with Crippen LogP contribution in [-0.2, 0) is 6.61 Å². The summed E-state index contributed by atoms with van der Waals surface area (Å²) in [7, 11) is 1.53. The van der Waals surface area contributed by atoms with Gasteiger partial charge in [-0.25, -0.2) is 4.39 Å². The summed E-state index contributed by atoms with van der Waals surface area (Å²) in [6.45, 7) is 3.82. The normalized spacial score (nSPS) is 11.8. The van der Waals surface area contributed by atoms with Crippen molar-refractivity contribution >= 4 is 11.8 Å². The van der Waals surface area contributed by atoms with Crippen LogP contribution < -0.4 is 9.47 Å². The number of aryl methyl sites for hydroxylation is 2. The molecule has 10 heteroatoms. The van der Waals surface area contributed by atoms with Gasteiger partial charge in [0.2, 0.25) is 6.54 Å².